The molecule has 0 saturated carbocycles. The molecule has 4 heterocycles. The summed E-state index contributed by atoms with van der Waals surface area (Å²) in [6.07, 6.45) is 0. The van der Waals surface area contributed by atoms with Crippen LogP contribution in [-0.4, -0.2) is 72.2 Å². The number of benzene rings is 2. The molecule has 0 unspecified atom stereocenters. The van der Waals surface area contributed by atoms with Crippen LogP contribution in [0, 0.1) is 0 Å². The van der Waals surface area contributed by atoms with Crippen LogP contribution in [0.3, 0.4) is 0 Å². The number of carbonyl (C=O) groups excluding carboxylic acids is 2. The Kier molecular flexibility index (Phi) is 7.40. The Hall–Kier alpha value is -3.60. The van der Waals surface area contributed by atoms with Gasteiger partial charge >= 0.3 is 0 Å². The van der Waals surface area contributed by atoms with Gasteiger partial charge in [-0.15, -0.1) is 23.1 Å². The van der Waals surface area contributed by atoms with E-state index in [-0.39, 0.29) is 29.4 Å². The molecule has 2 aliphatic rings. The largest absolute Gasteiger partial charge is 0.497 e. The first kappa shape index (κ1) is 25.7. The number of carbonyl (C=O) groups is 2. The summed E-state index contributed by atoms with van der Waals surface area (Å²) in [7, 11) is 1.63. The number of methoxy groups -OCH3 is 1. The fourth-order valence-corrected chi connectivity index (χ4v) is 7.12. The number of hydrogen-bond acceptors (Lipinski definition) is 7. The SMILES string of the molecule is COc1ccc(-n2nc(-c3ccccc3)c3c2N(CC(=O)N2CCOCC2)C(=O)CS[C@@H]3c2cccs2)cc1. The predicted octanol–water partition coefficient (Wildman–Crippen LogP) is 4.64. The molecule has 2 aliphatic heterocycles. The average molecular weight is 561 g/mol. The zero-order chi connectivity index (χ0) is 26.8. The van der Waals surface area contributed by atoms with Crippen LogP contribution in [0.1, 0.15) is 15.7 Å². The van der Waals surface area contributed by atoms with Crippen molar-refractivity contribution in [3.63, 3.8) is 0 Å². The van der Waals surface area contributed by atoms with Crippen LogP contribution in [0.4, 0.5) is 5.82 Å². The molecule has 0 spiro atoms. The van der Waals surface area contributed by atoms with Gasteiger partial charge in [-0.25, -0.2) is 4.68 Å². The maximum absolute atomic E-state index is 13.8. The molecule has 39 heavy (non-hydrogen) atoms. The van der Waals surface area contributed by atoms with Crippen LogP contribution < -0.4 is 9.64 Å². The molecule has 1 atom stereocenters. The summed E-state index contributed by atoms with van der Waals surface area (Å²) in [4.78, 5) is 31.8. The second-order valence-electron chi connectivity index (χ2n) is 9.24. The molecule has 200 valence electrons. The van der Waals surface area contributed by atoms with Crippen LogP contribution >= 0.6 is 23.1 Å². The van der Waals surface area contributed by atoms with E-state index in [2.05, 4.69) is 11.4 Å². The Labute approximate surface area is 235 Å². The molecule has 2 aromatic heterocycles. The highest BCUT2D eigenvalue weighted by Gasteiger charge is 2.38. The third-order valence-electron chi connectivity index (χ3n) is 6.91. The number of thioether (sulfide) groups is 1. The number of anilines is 1. The molecule has 0 aliphatic carbocycles. The summed E-state index contributed by atoms with van der Waals surface area (Å²) in [6.45, 7) is 1.99. The molecule has 1 saturated heterocycles. The lowest BCUT2D eigenvalue weighted by Crippen LogP contribution is -2.48. The van der Waals surface area contributed by atoms with Gasteiger partial charge in [0.25, 0.3) is 0 Å². The number of ether oxygens (including phenoxy) is 2. The van der Waals surface area contributed by atoms with Gasteiger partial charge in [-0.05, 0) is 35.7 Å². The normalized spacial score (nSPS) is 17.6. The number of nitrogens with zero attached hydrogens (tertiary/aromatic N) is 4. The number of rotatable bonds is 6. The van der Waals surface area contributed by atoms with Crippen molar-refractivity contribution in [3.05, 3.63) is 82.6 Å². The van der Waals surface area contributed by atoms with Crippen LogP contribution in [0.2, 0.25) is 0 Å². The minimum Gasteiger partial charge on any atom is -0.497 e. The second-order valence-corrected chi connectivity index (χ2v) is 11.3. The number of fused-ring (bicyclic) bond motifs is 1. The average Bonchev–Trinajstić information content (AvgIpc) is 3.63. The second kappa shape index (κ2) is 11.3. The number of morpholine rings is 1. The topological polar surface area (TPSA) is 76.9 Å². The molecule has 2 aromatic carbocycles. The molecule has 4 aromatic rings. The van der Waals surface area contributed by atoms with E-state index in [1.807, 2.05) is 65.3 Å². The summed E-state index contributed by atoms with van der Waals surface area (Å²) < 4.78 is 12.6. The molecule has 6 rings (SSSR count). The lowest BCUT2D eigenvalue weighted by molar-refractivity contribution is -0.134. The van der Waals surface area contributed by atoms with E-state index >= 15 is 0 Å². The molecule has 0 N–H and O–H groups in total. The van der Waals surface area contributed by atoms with Gasteiger partial charge in [0.1, 0.15) is 18.1 Å². The van der Waals surface area contributed by atoms with Crippen LogP contribution in [-0.2, 0) is 14.3 Å². The molecule has 8 nitrogen and oxygen atoms in total. The van der Waals surface area contributed by atoms with Crippen molar-refractivity contribution in [2.24, 2.45) is 0 Å². The van der Waals surface area contributed by atoms with Gasteiger partial charge in [0.05, 0.1) is 42.7 Å². The van der Waals surface area contributed by atoms with E-state index in [9.17, 15) is 9.59 Å². The van der Waals surface area contributed by atoms with E-state index in [4.69, 9.17) is 14.6 Å². The van der Waals surface area contributed by atoms with Crippen LogP contribution in [0.25, 0.3) is 16.9 Å². The summed E-state index contributed by atoms with van der Waals surface area (Å²) >= 11 is 3.25. The fraction of sp³-hybridized carbons (Fsp3) is 0.276. The Balaban J connectivity index is 1.56. The Morgan fingerprint density at radius 1 is 1.05 bits per heavy atom. The lowest BCUT2D eigenvalue weighted by atomic mass is 10.0. The Morgan fingerprint density at radius 2 is 1.82 bits per heavy atom. The van der Waals surface area contributed by atoms with Crippen molar-refractivity contribution < 1.29 is 19.1 Å². The Bertz CT molecular complexity index is 1450. The zero-order valence-electron chi connectivity index (χ0n) is 21.5. The molecule has 0 bridgehead atoms. The molecule has 1 fully saturated rings. The van der Waals surface area contributed by atoms with Gasteiger partial charge in [-0.3, -0.25) is 14.5 Å². The standard InChI is InChI=1S/C29H28N4O4S2/c1-36-22-11-9-21(10-12-22)33-29-26(27(30-33)20-6-3-2-4-7-20)28(23-8-5-17-38-23)39-19-25(35)32(29)18-24(34)31-13-15-37-16-14-31/h2-12,17,28H,13-16,18-19H2,1H3/t28-/m1/s1. The molecular formula is C29H28N4O4S2. The smallest absolute Gasteiger partial charge is 0.242 e. The monoisotopic (exact) mass is 560 g/mol. The maximum atomic E-state index is 13.8. The minimum absolute atomic E-state index is 0.0559. The summed E-state index contributed by atoms with van der Waals surface area (Å²) in [5.74, 6) is 1.40. The number of hydrogen-bond donors (Lipinski definition) is 0. The quantitative estimate of drug-likeness (QED) is 0.342. The van der Waals surface area contributed by atoms with E-state index in [0.29, 0.717) is 32.1 Å². The third kappa shape index (κ3) is 5.07. The van der Waals surface area contributed by atoms with Gasteiger partial charge in [0.15, 0.2) is 0 Å². The van der Waals surface area contributed by atoms with Crippen molar-refractivity contribution in [1.82, 2.24) is 14.7 Å². The predicted molar refractivity (Wildman–Crippen MR) is 154 cm³/mol. The van der Waals surface area contributed by atoms with Gasteiger partial charge < -0.3 is 14.4 Å². The first-order chi connectivity index (χ1) is 19.1. The van der Waals surface area contributed by atoms with Crippen molar-refractivity contribution in [2.45, 2.75) is 5.25 Å². The van der Waals surface area contributed by atoms with Gasteiger partial charge in [0.2, 0.25) is 11.8 Å². The van der Waals surface area contributed by atoms with Crippen LogP contribution in [0.5, 0.6) is 5.75 Å². The lowest BCUT2D eigenvalue weighted by Gasteiger charge is -2.30. The van der Waals surface area contributed by atoms with Crippen LogP contribution in [0.15, 0.2) is 72.1 Å². The first-order valence-corrected chi connectivity index (χ1v) is 14.7. The van der Waals surface area contributed by atoms with Gasteiger partial charge in [-0.1, -0.05) is 36.4 Å². The Morgan fingerprint density at radius 3 is 2.51 bits per heavy atom. The van der Waals surface area contributed by atoms with Crippen molar-refractivity contribution in [3.8, 4) is 22.7 Å². The van der Waals surface area contributed by atoms with E-state index < -0.39 is 0 Å². The van der Waals surface area contributed by atoms with Crippen molar-refractivity contribution in [2.75, 3.05) is 50.6 Å². The highest BCUT2D eigenvalue weighted by atomic mass is 32.2. The maximum Gasteiger partial charge on any atom is 0.242 e. The third-order valence-corrected chi connectivity index (χ3v) is 9.23. The highest BCUT2D eigenvalue weighted by molar-refractivity contribution is 8.00. The number of aromatic nitrogens is 2. The van der Waals surface area contributed by atoms with E-state index in [1.165, 1.54) is 0 Å². The van der Waals surface area contributed by atoms with Crippen molar-refractivity contribution in [1.29, 1.82) is 0 Å². The summed E-state index contributed by atoms with van der Waals surface area (Å²) in [5, 5.41) is 7.06. The molecule has 2 amide bonds. The summed E-state index contributed by atoms with van der Waals surface area (Å²) in [6, 6.07) is 21.7. The highest BCUT2D eigenvalue weighted by Crippen LogP contribution is 2.49. The van der Waals surface area contributed by atoms with Gasteiger partial charge in [0, 0.05) is 29.1 Å². The molecule has 10 heteroatoms. The van der Waals surface area contributed by atoms with Crippen molar-refractivity contribution >= 4 is 40.7 Å². The number of amides is 2. The van der Waals surface area contributed by atoms with E-state index in [1.54, 1.807) is 40.0 Å². The minimum atomic E-state index is -0.116. The van der Waals surface area contributed by atoms with Gasteiger partial charge in [-0.2, -0.15) is 5.10 Å². The summed E-state index contributed by atoms with van der Waals surface area (Å²) in [5.41, 5.74) is 3.47. The number of thiophene rings is 1. The molecular weight excluding hydrogens is 532 g/mol. The fourth-order valence-electron chi connectivity index (χ4n) is 4.94. The van der Waals surface area contributed by atoms with E-state index in [0.717, 1.165) is 33.1 Å². The zero-order valence-corrected chi connectivity index (χ0v) is 23.1. The molecule has 0 radical (unpaired) electrons. The first-order valence-electron chi connectivity index (χ1n) is 12.8.